The van der Waals surface area contributed by atoms with Crippen molar-refractivity contribution in [3.8, 4) is 11.3 Å². The molecule has 4 rings (SSSR count). The highest BCUT2D eigenvalue weighted by Gasteiger charge is 2.20. The lowest BCUT2D eigenvalue weighted by Crippen LogP contribution is -2.37. The summed E-state index contributed by atoms with van der Waals surface area (Å²) >= 11 is 3.46. The first-order chi connectivity index (χ1) is 13.4. The van der Waals surface area contributed by atoms with Crippen LogP contribution in [-0.4, -0.2) is 36.8 Å². The van der Waals surface area contributed by atoms with Crippen LogP contribution in [0.4, 0.5) is 0 Å². The van der Waals surface area contributed by atoms with Crippen LogP contribution in [0.5, 0.6) is 0 Å². The maximum absolute atomic E-state index is 12.8. The summed E-state index contributed by atoms with van der Waals surface area (Å²) in [7, 11) is 4.78. The van der Waals surface area contributed by atoms with Crippen LogP contribution >= 0.6 is 15.9 Å². The van der Waals surface area contributed by atoms with Gasteiger partial charge in [-0.05, 0) is 24.1 Å². The topological polar surface area (TPSA) is 75.5 Å². The van der Waals surface area contributed by atoms with Gasteiger partial charge in [-0.15, -0.1) is 0 Å². The predicted octanol–water partition coefficient (Wildman–Crippen LogP) is 2.15. The Morgan fingerprint density at radius 2 is 1.82 bits per heavy atom. The summed E-state index contributed by atoms with van der Waals surface area (Å²) in [6.07, 6.45) is 2.71. The Morgan fingerprint density at radius 3 is 2.50 bits per heavy atom. The molecule has 0 spiro atoms. The molecule has 3 heterocycles. The molecule has 8 nitrogen and oxygen atoms in total. The zero-order valence-corrected chi connectivity index (χ0v) is 17.4. The van der Waals surface area contributed by atoms with Gasteiger partial charge in [0.2, 0.25) is 5.78 Å². The molecule has 9 heteroatoms. The van der Waals surface area contributed by atoms with Gasteiger partial charge in [0.25, 0.3) is 5.56 Å². The summed E-state index contributed by atoms with van der Waals surface area (Å²) in [5.74, 6) is 0.627. The third kappa shape index (κ3) is 2.82. The average Bonchev–Trinajstić information content (AvgIpc) is 3.22. The number of hydrogen-bond acceptors (Lipinski definition) is 4. The number of fused-ring (bicyclic) bond motifs is 3. The molecule has 0 saturated carbocycles. The van der Waals surface area contributed by atoms with E-state index >= 15 is 0 Å². The molecule has 0 unspecified atom stereocenters. The number of hydrogen-bond donors (Lipinski definition) is 0. The molecule has 0 fully saturated rings. The van der Waals surface area contributed by atoms with Crippen molar-refractivity contribution in [3.63, 3.8) is 0 Å². The van der Waals surface area contributed by atoms with Crippen LogP contribution < -0.4 is 11.2 Å². The first-order valence-electron chi connectivity index (χ1n) is 8.86. The number of aryl methyl sites for hydroxylation is 2. The lowest BCUT2D eigenvalue weighted by atomic mass is 10.1. The van der Waals surface area contributed by atoms with E-state index in [1.165, 1.54) is 11.6 Å². The summed E-state index contributed by atoms with van der Waals surface area (Å²) < 4.78 is 12.5. The molecule has 3 aromatic heterocycles. The van der Waals surface area contributed by atoms with Gasteiger partial charge in [0.15, 0.2) is 11.2 Å². The number of rotatable bonds is 5. The second-order valence-electron chi connectivity index (χ2n) is 6.68. The molecule has 0 aliphatic carbocycles. The smallest absolute Gasteiger partial charge is 0.332 e. The largest absolute Gasteiger partial charge is 0.385 e. The zero-order chi connectivity index (χ0) is 20.0. The highest BCUT2D eigenvalue weighted by Crippen LogP contribution is 2.27. The number of benzene rings is 1. The Morgan fingerprint density at radius 1 is 1.11 bits per heavy atom. The lowest BCUT2D eigenvalue weighted by molar-refractivity contribution is 0.191. The van der Waals surface area contributed by atoms with Crippen molar-refractivity contribution in [2.75, 3.05) is 13.7 Å². The van der Waals surface area contributed by atoms with Crippen molar-refractivity contribution in [2.45, 2.75) is 13.0 Å². The van der Waals surface area contributed by atoms with Crippen molar-refractivity contribution in [2.24, 2.45) is 14.1 Å². The summed E-state index contributed by atoms with van der Waals surface area (Å²) in [5.41, 5.74) is 1.98. The molecular weight excluding hydrogens is 426 g/mol. The number of nitrogens with zero attached hydrogens (tertiary/aromatic N) is 5. The van der Waals surface area contributed by atoms with Crippen LogP contribution in [0.25, 0.3) is 28.2 Å². The number of aromatic nitrogens is 5. The van der Waals surface area contributed by atoms with E-state index in [0.717, 1.165) is 26.7 Å². The number of ether oxygens (including phenoxy) is 1. The molecule has 0 aliphatic rings. The molecule has 4 aromatic rings. The first kappa shape index (κ1) is 18.7. The van der Waals surface area contributed by atoms with E-state index in [0.29, 0.717) is 30.1 Å². The standard InChI is InChI=1S/C19H20BrN5O3/c1-22-16-15(17(26)23(2)19(22)27)25-11-14(12-5-7-13(20)8-6-12)24(18(25)21-16)9-4-10-28-3/h5-8,11H,4,9-10H2,1-3H3. The fraction of sp³-hybridized carbons (Fsp3) is 0.316. The van der Waals surface area contributed by atoms with E-state index < -0.39 is 5.69 Å². The zero-order valence-electron chi connectivity index (χ0n) is 15.8. The second kappa shape index (κ2) is 7.06. The summed E-state index contributed by atoms with van der Waals surface area (Å²) in [4.78, 5) is 29.7. The van der Waals surface area contributed by atoms with Gasteiger partial charge >= 0.3 is 5.69 Å². The third-order valence-electron chi connectivity index (χ3n) is 4.93. The van der Waals surface area contributed by atoms with Crippen LogP contribution in [0.1, 0.15) is 6.42 Å². The summed E-state index contributed by atoms with van der Waals surface area (Å²) in [5, 5.41) is 0. The van der Waals surface area contributed by atoms with E-state index in [2.05, 4.69) is 25.5 Å². The highest BCUT2D eigenvalue weighted by atomic mass is 79.9. The van der Waals surface area contributed by atoms with Crippen LogP contribution in [0.2, 0.25) is 0 Å². The molecule has 28 heavy (non-hydrogen) atoms. The van der Waals surface area contributed by atoms with E-state index in [4.69, 9.17) is 4.74 Å². The van der Waals surface area contributed by atoms with Crippen molar-refractivity contribution in [3.05, 3.63) is 55.8 Å². The highest BCUT2D eigenvalue weighted by molar-refractivity contribution is 9.10. The van der Waals surface area contributed by atoms with Gasteiger partial charge in [0.1, 0.15) is 0 Å². The maximum Gasteiger partial charge on any atom is 0.332 e. The Kier molecular flexibility index (Phi) is 4.72. The van der Waals surface area contributed by atoms with Crippen LogP contribution in [-0.2, 0) is 25.4 Å². The Hall–Kier alpha value is -2.65. The Labute approximate surface area is 168 Å². The normalized spacial score (nSPS) is 11.7. The minimum atomic E-state index is -0.391. The van der Waals surface area contributed by atoms with E-state index in [9.17, 15) is 9.59 Å². The van der Waals surface area contributed by atoms with Gasteiger partial charge in [0, 0.05) is 45.0 Å². The fourth-order valence-electron chi connectivity index (χ4n) is 3.45. The van der Waals surface area contributed by atoms with Gasteiger partial charge in [0.05, 0.1) is 5.69 Å². The van der Waals surface area contributed by atoms with Crippen LogP contribution in [0, 0.1) is 0 Å². The monoisotopic (exact) mass is 445 g/mol. The first-order valence-corrected chi connectivity index (χ1v) is 9.65. The third-order valence-corrected chi connectivity index (χ3v) is 5.46. The van der Waals surface area contributed by atoms with E-state index in [-0.39, 0.29) is 5.56 Å². The number of halogens is 1. The van der Waals surface area contributed by atoms with Gasteiger partial charge in [-0.25, -0.2) is 4.79 Å². The fourth-order valence-corrected chi connectivity index (χ4v) is 3.72. The van der Waals surface area contributed by atoms with Crippen molar-refractivity contribution >= 4 is 32.9 Å². The Bertz CT molecular complexity index is 1290. The van der Waals surface area contributed by atoms with Gasteiger partial charge in [-0.3, -0.25) is 18.3 Å². The number of methoxy groups -OCH3 is 1. The van der Waals surface area contributed by atoms with Gasteiger partial charge < -0.3 is 9.30 Å². The molecule has 0 amide bonds. The van der Waals surface area contributed by atoms with Crippen molar-refractivity contribution in [1.29, 1.82) is 0 Å². The van der Waals surface area contributed by atoms with Gasteiger partial charge in [-0.2, -0.15) is 4.98 Å². The molecule has 0 atom stereocenters. The molecular formula is C19H20BrN5O3. The van der Waals surface area contributed by atoms with Crippen molar-refractivity contribution in [1.82, 2.24) is 23.1 Å². The minimum Gasteiger partial charge on any atom is -0.385 e. The van der Waals surface area contributed by atoms with Crippen LogP contribution in [0.3, 0.4) is 0 Å². The lowest BCUT2D eigenvalue weighted by Gasteiger charge is -2.09. The SMILES string of the molecule is COCCCn1c(-c2ccc(Br)cc2)cn2c3c(=O)n(C)c(=O)n(C)c3nc12. The minimum absolute atomic E-state index is 0.359. The molecule has 0 bridgehead atoms. The van der Waals surface area contributed by atoms with Crippen LogP contribution in [0.15, 0.2) is 44.5 Å². The quantitative estimate of drug-likeness (QED) is 0.441. The van der Waals surface area contributed by atoms with E-state index in [1.807, 2.05) is 30.5 Å². The average molecular weight is 446 g/mol. The predicted molar refractivity (Wildman–Crippen MR) is 111 cm³/mol. The Balaban J connectivity index is 2.04. The van der Waals surface area contributed by atoms with Gasteiger partial charge in [-0.1, -0.05) is 28.1 Å². The molecule has 146 valence electrons. The second-order valence-corrected chi connectivity index (χ2v) is 7.59. The molecule has 0 aliphatic heterocycles. The molecule has 0 saturated heterocycles. The van der Waals surface area contributed by atoms with E-state index in [1.54, 1.807) is 18.6 Å². The molecule has 1 aromatic carbocycles. The molecule has 0 N–H and O–H groups in total. The maximum atomic E-state index is 12.8. The summed E-state index contributed by atoms with van der Waals surface area (Å²) in [6.45, 7) is 1.29. The summed E-state index contributed by atoms with van der Waals surface area (Å²) in [6, 6.07) is 7.99. The van der Waals surface area contributed by atoms with Crippen molar-refractivity contribution < 1.29 is 4.74 Å². The number of imidazole rings is 2. The molecule has 0 radical (unpaired) electrons.